The van der Waals surface area contributed by atoms with Crippen LogP contribution in [0.1, 0.15) is 24.0 Å². The van der Waals surface area contributed by atoms with Crippen LogP contribution in [0.4, 0.5) is 0 Å². The maximum atomic E-state index is 5.55. The Balaban J connectivity index is 0.00000133. The second-order valence-corrected chi connectivity index (χ2v) is 5.38. The number of likely N-dealkylation sites (tertiary alicyclic amines) is 1. The van der Waals surface area contributed by atoms with Crippen LogP contribution in [0.2, 0.25) is 0 Å². The summed E-state index contributed by atoms with van der Waals surface area (Å²) in [5, 5.41) is 3.38. The number of ether oxygens (including phenoxy) is 1. The Bertz CT molecular complexity index is 417. The number of nitrogens with zero attached hydrogens (tertiary/aromatic N) is 1. The summed E-state index contributed by atoms with van der Waals surface area (Å²) >= 11 is 0. The minimum atomic E-state index is 0. The van der Waals surface area contributed by atoms with Crippen LogP contribution in [0.5, 0.6) is 5.75 Å². The minimum absolute atomic E-state index is 0. The number of fused-ring (bicyclic) bond motifs is 1. The second kappa shape index (κ2) is 6.60. The maximum Gasteiger partial charge on any atom is 0.122 e. The predicted molar refractivity (Wildman–Crippen MR) is 80.2 cm³/mol. The molecule has 3 nitrogen and oxygen atoms in total. The van der Waals surface area contributed by atoms with Crippen LogP contribution >= 0.6 is 12.4 Å². The van der Waals surface area contributed by atoms with E-state index in [0.717, 1.165) is 31.4 Å². The second-order valence-electron chi connectivity index (χ2n) is 5.38. The molecule has 3 rings (SSSR count). The zero-order valence-corrected chi connectivity index (χ0v) is 12.3. The summed E-state index contributed by atoms with van der Waals surface area (Å²) in [6.45, 7) is 4.36. The topological polar surface area (TPSA) is 24.5 Å². The lowest BCUT2D eigenvalue weighted by molar-refractivity contribution is 0.194. The van der Waals surface area contributed by atoms with E-state index in [4.69, 9.17) is 4.74 Å². The molecule has 1 aromatic carbocycles. The van der Waals surface area contributed by atoms with Crippen LogP contribution in [0, 0.1) is 0 Å². The van der Waals surface area contributed by atoms with Crippen molar-refractivity contribution in [3.63, 3.8) is 0 Å². The highest BCUT2D eigenvalue weighted by Crippen LogP contribution is 2.26. The third kappa shape index (κ3) is 3.41. The molecule has 0 spiro atoms. The van der Waals surface area contributed by atoms with E-state index in [9.17, 15) is 0 Å². The Morgan fingerprint density at radius 2 is 2.11 bits per heavy atom. The third-order valence-corrected chi connectivity index (χ3v) is 4.16. The SMILES string of the molecule is CNC1CCN(Cc2ccc3c(c2)CCO3)CC1.Cl. The lowest BCUT2D eigenvalue weighted by atomic mass is 10.0. The molecule has 0 bridgehead atoms. The van der Waals surface area contributed by atoms with Crippen LogP contribution in [0.15, 0.2) is 18.2 Å². The molecule has 1 saturated heterocycles. The molecule has 0 atom stereocenters. The van der Waals surface area contributed by atoms with Gasteiger partial charge in [-0.15, -0.1) is 12.4 Å². The smallest absolute Gasteiger partial charge is 0.122 e. The standard InChI is InChI=1S/C15H22N2O.ClH/c1-16-14-4-7-17(8-5-14)11-12-2-3-15-13(10-12)6-9-18-15;/h2-3,10,14,16H,4-9,11H2,1H3;1H. The number of halogens is 1. The van der Waals surface area contributed by atoms with Gasteiger partial charge in [0.15, 0.2) is 0 Å². The van der Waals surface area contributed by atoms with Crippen molar-refractivity contribution in [2.24, 2.45) is 0 Å². The van der Waals surface area contributed by atoms with Crippen LogP contribution in [-0.4, -0.2) is 37.7 Å². The van der Waals surface area contributed by atoms with Crippen molar-refractivity contribution in [3.8, 4) is 5.75 Å². The molecular weight excluding hydrogens is 260 g/mol. The van der Waals surface area contributed by atoms with E-state index in [1.165, 1.54) is 37.1 Å². The molecule has 2 heterocycles. The quantitative estimate of drug-likeness (QED) is 0.920. The summed E-state index contributed by atoms with van der Waals surface area (Å²) in [5.74, 6) is 1.09. The zero-order chi connectivity index (χ0) is 12.4. The zero-order valence-electron chi connectivity index (χ0n) is 11.5. The average molecular weight is 283 g/mol. The van der Waals surface area contributed by atoms with Crippen LogP contribution in [0.25, 0.3) is 0 Å². The van der Waals surface area contributed by atoms with Crippen molar-refractivity contribution in [2.75, 3.05) is 26.7 Å². The molecule has 0 aromatic heterocycles. The molecule has 0 saturated carbocycles. The third-order valence-electron chi connectivity index (χ3n) is 4.16. The van der Waals surface area contributed by atoms with Gasteiger partial charge in [-0.2, -0.15) is 0 Å². The van der Waals surface area contributed by atoms with Gasteiger partial charge in [0.2, 0.25) is 0 Å². The Hall–Kier alpha value is -0.770. The monoisotopic (exact) mass is 282 g/mol. The van der Waals surface area contributed by atoms with Crippen molar-refractivity contribution in [1.29, 1.82) is 0 Å². The average Bonchev–Trinajstić information content (AvgIpc) is 2.87. The van der Waals surface area contributed by atoms with Gasteiger partial charge in [0.25, 0.3) is 0 Å². The van der Waals surface area contributed by atoms with E-state index in [2.05, 4.69) is 35.5 Å². The Labute approximate surface area is 121 Å². The number of hydrogen-bond donors (Lipinski definition) is 1. The molecule has 0 unspecified atom stereocenters. The lowest BCUT2D eigenvalue weighted by Gasteiger charge is -2.31. The van der Waals surface area contributed by atoms with Gasteiger partial charge in [-0.1, -0.05) is 12.1 Å². The molecule has 1 N–H and O–H groups in total. The van der Waals surface area contributed by atoms with Gasteiger partial charge in [-0.05, 0) is 50.2 Å². The highest BCUT2D eigenvalue weighted by Gasteiger charge is 2.18. The molecular formula is C15H23ClN2O. The molecule has 0 aliphatic carbocycles. The first-order chi connectivity index (χ1) is 8.85. The van der Waals surface area contributed by atoms with Crippen LogP contribution in [0.3, 0.4) is 0 Å². The highest BCUT2D eigenvalue weighted by atomic mass is 35.5. The van der Waals surface area contributed by atoms with E-state index < -0.39 is 0 Å². The molecule has 4 heteroatoms. The number of rotatable bonds is 3. The van der Waals surface area contributed by atoms with E-state index in [-0.39, 0.29) is 12.4 Å². The lowest BCUT2D eigenvalue weighted by Crippen LogP contribution is -2.40. The summed E-state index contributed by atoms with van der Waals surface area (Å²) < 4.78 is 5.55. The van der Waals surface area contributed by atoms with E-state index in [1.807, 2.05) is 0 Å². The first kappa shape index (κ1) is 14.6. The maximum absolute atomic E-state index is 5.55. The van der Waals surface area contributed by atoms with Crippen molar-refractivity contribution in [1.82, 2.24) is 10.2 Å². The number of hydrogen-bond acceptors (Lipinski definition) is 3. The van der Waals surface area contributed by atoms with E-state index in [0.29, 0.717) is 0 Å². The van der Waals surface area contributed by atoms with Gasteiger partial charge in [-0.25, -0.2) is 0 Å². The molecule has 2 aliphatic heterocycles. The van der Waals surface area contributed by atoms with Gasteiger partial charge in [0.1, 0.15) is 5.75 Å². The van der Waals surface area contributed by atoms with E-state index in [1.54, 1.807) is 0 Å². The van der Waals surface area contributed by atoms with Crippen molar-refractivity contribution >= 4 is 12.4 Å². The molecule has 19 heavy (non-hydrogen) atoms. The van der Waals surface area contributed by atoms with Gasteiger partial charge in [-0.3, -0.25) is 4.90 Å². The van der Waals surface area contributed by atoms with Gasteiger partial charge in [0.05, 0.1) is 6.61 Å². The molecule has 1 aromatic rings. The summed E-state index contributed by atoms with van der Waals surface area (Å²) in [5.41, 5.74) is 2.82. The van der Waals surface area contributed by atoms with Gasteiger partial charge in [0, 0.05) is 19.0 Å². The number of nitrogens with one attached hydrogen (secondary N) is 1. The summed E-state index contributed by atoms with van der Waals surface area (Å²) in [6.07, 6.45) is 3.61. The Morgan fingerprint density at radius 1 is 1.32 bits per heavy atom. The number of benzene rings is 1. The summed E-state index contributed by atoms with van der Waals surface area (Å²) in [4.78, 5) is 2.56. The van der Waals surface area contributed by atoms with Crippen molar-refractivity contribution in [2.45, 2.75) is 31.8 Å². The fraction of sp³-hybridized carbons (Fsp3) is 0.600. The Morgan fingerprint density at radius 3 is 2.84 bits per heavy atom. The Kier molecular flexibility index (Phi) is 5.08. The van der Waals surface area contributed by atoms with Crippen molar-refractivity contribution in [3.05, 3.63) is 29.3 Å². The van der Waals surface area contributed by atoms with Gasteiger partial charge < -0.3 is 10.1 Å². The van der Waals surface area contributed by atoms with Crippen LogP contribution < -0.4 is 10.1 Å². The fourth-order valence-electron chi connectivity index (χ4n) is 2.98. The summed E-state index contributed by atoms with van der Waals surface area (Å²) in [6, 6.07) is 7.40. The number of piperidine rings is 1. The predicted octanol–water partition coefficient (Wildman–Crippen LogP) is 2.23. The highest BCUT2D eigenvalue weighted by molar-refractivity contribution is 5.85. The largest absolute Gasteiger partial charge is 0.493 e. The minimum Gasteiger partial charge on any atom is -0.493 e. The van der Waals surface area contributed by atoms with E-state index >= 15 is 0 Å². The first-order valence-electron chi connectivity index (χ1n) is 6.99. The summed E-state index contributed by atoms with van der Waals surface area (Å²) in [7, 11) is 2.07. The molecule has 1 fully saturated rings. The van der Waals surface area contributed by atoms with Crippen LogP contribution in [-0.2, 0) is 13.0 Å². The van der Waals surface area contributed by atoms with Crippen molar-refractivity contribution < 1.29 is 4.74 Å². The molecule has 106 valence electrons. The first-order valence-corrected chi connectivity index (χ1v) is 6.99. The fourth-order valence-corrected chi connectivity index (χ4v) is 2.98. The molecule has 2 aliphatic rings. The molecule has 0 amide bonds. The van der Waals surface area contributed by atoms with Gasteiger partial charge >= 0.3 is 0 Å². The normalized spacial score (nSPS) is 19.6. The molecule has 0 radical (unpaired) electrons.